The van der Waals surface area contributed by atoms with Gasteiger partial charge in [0.25, 0.3) is 0 Å². The average Bonchev–Trinajstić information content (AvgIpc) is 2.91. The largest absolute Gasteiger partial charge is 0.378 e. The minimum absolute atomic E-state index is 0.433. The van der Waals surface area contributed by atoms with Crippen molar-refractivity contribution in [3.63, 3.8) is 0 Å². The molecule has 1 aromatic carbocycles. The van der Waals surface area contributed by atoms with Crippen molar-refractivity contribution in [1.82, 2.24) is 5.32 Å². The quantitative estimate of drug-likeness (QED) is 0.838. The highest BCUT2D eigenvalue weighted by molar-refractivity contribution is 5.31. The third-order valence-corrected chi connectivity index (χ3v) is 4.10. The maximum atomic E-state index is 5.80. The van der Waals surface area contributed by atoms with E-state index in [-0.39, 0.29) is 0 Å². The molecule has 1 aromatic rings. The van der Waals surface area contributed by atoms with Crippen LogP contribution < -0.4 is 5.32 Å². The molecule has 0 aromatic heterocycles. The predicted molar refractivity (Wildman–Crippen MR) is 80.5 cm³/mol. The second-order valence-electron chi connectivity index (χ2n) is 5.72. The fraction of sp³-hybridized carbons (Fsp3) is 0.647. The van der Waals surface area contributed by atoms with E-state index in [1.807, 2.05) is 0 Å². The normalized spacial score (nSPS) is 20.7. The van der Waals surface area contributed by atoms with Crippen molar-refractivity contribution in [1.29, 1.82) is 0 Å². The number of ether oxygens (including phenoxy) is 1. The lowest BCUT2D eigenvalue weighted by atomic mass is 9.96. The van der Waals surface area contributed by atoms with Gasteiger partial charge in [0.2, 0.25) is 0 Å². The maximum absolute atomic E-state index is 5.80. The van der Waals surface area contributed by atoms with Gasteiger partial charge in [-0.25, -0.2) is 0 Å². The van der Waals surface area contributed by atoms with E-state index < -0.39 is 0 Å². The third-order valence-electron chi connectivity index (χ3n) is 4.10. The van der Waals surface area contributed by atoms with Gasteiger partial charge in [-0.15, -0.1) is 0 Å². The van der Waals surface area contributed by atoms with Crippen LogP contribution in [0.2, 0.25) is 0 Å². The van der Waals surface area contributed by atoms with E-state index in [0.29, 0.717) is 12.1 Å². The Bertz CT molecular complexity index is 396. The molecule has 1 heterocycles. The van der Waals surface area contributed by atoms with Crippen LogP contribution in [-0.4, -0.2) is 19.3 Å². The number of rotatable bonds is 6. The lowest BCUT2D eigenvalue weighted by Gasteiger charge is -2.23. The molecule has 2 unspecified atom stereocenters. The molecule has 0 spiro atoms. The zero-order valence-electron chi connectivity index (χ0n) is 12.5. The predicted octanol–water partition coefficient (Wildman–Crippen LogP) is 3.91. The van der Waals surface area contributed by atoms with E-state index in [4.69, 9.17) is 4.74 Å². The highest BCUT2D eigenvalue weighted by Crippen LogP contribution is 2.26. The fourth-order valence-corrected chi connectivity index (χ4v) is 2.73. The summed E-state index contributed by atoms with van der Waals surface area (Å²) in [6.07, 6.45) is 5.15. The molecule has 19 heavy (non-hydrogen) atoms. The van der Waals surface area contributed by atoms with Crippen molar-refractivity contribution in [2.75, 3.05) is 13.2 Å². The summed E-state index contributed by atoms with van der Waals surface area (Å²) in [4.78, 5) is 0. The lowest BCUT2D eigenvalue weighted by molar-refractivity contribution is 0.0945. The Morgan fingerprint density at radius 3 is 2.79 bits per heavy atom. The van der Waals surface area contributed by atoms with E-state index in [0.717, 1.165) is 19.6 Å². The summed E-state index contributed by atoms with van der Waals surface area (Å²) in [6, 6.07) is 7.27. The van der Waals surface area contributed by atoms with Crippen LogP contribution >= 0.6 is 0 Å². The van der Waals surface area contributed by atoms with Gasteiger partial charge in [-0.2, -0.15) is 0 Å². The highest BCUT2D eigenvalue weighted by atomic mass is 16.5. The molecule has 1 N–H and O–H groups in total. The molecule has 2 heteroatoms. The van der Waals surface area contributed by atoms with Crippen LogP contribution in [-0.2, 0) is 4.74 Å². The summed E-state index contributed by atoms with van der Waals surface area (Å²) in [6.45, 7) is 8.61. The van der Waals surface area contributed by atoms with Gasteiger partial charge in [0, 0.05) is 12.6 Å². The molecule has 0 radical (unpaired) electrons. The Morgan fingerprint density at radius 1 is 1.32 bits per heavy atom. The Kier molecular flexibility index (Phi) is 5.41. The highest BCUT2D eigenvalue weighted by Gasteiger charge is 2.21. The van der Waals surface area contributed by atoms with Gasteiger partial charge in [0.05, 0.1) is 6.10 Å². The molecule has 2 rings (SSSR count). The van der Waals surface area contributed by atoms with Gasteiger partial charge in [-0.05, 0) is 62.8 Å². The Balaban J connectivity index is 2.08. The molecule has 0 aliphatic carbocycles. The van der Waals surface area contributed by atoms with Crippen LogP contribution in [0.4, 0.5) is 0 Å². The average molecular weight is 261 g/mol. The first-order valence-corrected chi connectivity index (χ1v) is 7.63. The zero-order valence-corrected chi connectivity index (χ0v) is 12.5. The van der Waals surface area contributed by atoms with Crippen LogP contribution in [0.15, 0.2) is 18.2 Å². The Hall–Kier alpha value is -0.860. The monoisotopic (exact) mass is 261 g/mol. The summed E-state index contributed by atoms with van der Waals surface area (Å²) in [7, 11) is 0. The SMILES string of the molecule is CCCNC(CC1CCCO1)c1ccc(C)c(C)c1. The van der Waals surface area contributed by atoms with Crippen molar-refractivity contribution >= 4 is 0 Å². The van der Waals surface area contributed by atoms with Crippen molar-refractivity contribution < 1.29 is 4.74 Å². The zero-order chi connectivity index (χ0) is 13.7. The molecular weight excluding hydrogens is 234 g/mol. The van der Waals surface area contributed by atoms with Crippen LogP contribution in [0, 0.1) is 13.8 Å². The molecule has 2 atom stereocenters. The summed E-state index contributed by atoms with van der Waals surface area (Å²) < 4.78 is 5.80. The van der Waals surface area contributed by atoms with Crippen molar-refractivity contribution in [3.05, 3.63) is 34.9 Å². The van der Waals surface area contributed by atoms with Gasteiger partial charge in [-0.1, -0.05) is 25.1 Å². The summed E-state index contributed by atoms with van der Waals surface area (Å²) in [5.41, 5.74) is 4.16. The van der Waals surface area contributed by atoms with E-state index in [1.165, 1.54) is 36.0 Å². The fourth-order valence-electron chi connectivity index (χ4n) is 2.73. The van der Waals surface area contributed by atoms with Crippen LogP contribution in [0.3, 0.4) is 0 Å². The molecule has 106 valence electrons. The first-order chi connectivity index (χ1) is 9.20. The standard InChI is InChI=1S/C17H27NO/c1-4-9-18-17(12-16-6-5-10-19-16)15-8-7-13(2)14(3)11-15/h7-8,11,16-18H,4-6,9-10,12H2,1-3H3. The number of hydrogen-bond donors (Lipinski definition) is 1. The van der Waals surface area contributed by atoms with E-state index in [9.17, 15) is 0 Å². The second kappa shape index (κ2) is 7.06. The molecular formula is C17H27NO. The van der Waals surface area contributed by atoms with Gasteiger partial charge in [0.15, 0.2) is 0 Å². The molecule has 1 fully saturated rings. The third kappa shape index (κ3) is 4.05. The molecule has 0 bridgehead atoms. The van der Waals surface area contributed by atoms with Crippen molar-refractivity contribution in [2.45, 2.75) is 58.6 Å². The van der Waals surface area contributed by atoms with Crippen molar-refractivity contribution in [3.8, 4) is 0 Å². The molecule has 2 nitrogen and oxygen atoms in total. The van der Waals surface area contributed by atoms with Crippen LogP contribution in [0.1, 0.15) is 55.3 Å². The number of aryl methyl sites for hydroxylation is 2. The second-order valence-corrected chi connectivity index (χ2v) is 5.72. The van der Waals surface area contributed by atoms with Gasteiger partial charge in [0.1, 0.15) is 0 Å². The number of hydrogen-bond acceptors (Lipinski definition) is 2. The van der Waals surface area contributed by atoms with Crippen LogP contribution in [0.5, 0.6) is 0 Å². The maximum Gasteiger partial charge on any atom is 0.0594 e. The summed E-state index contributed by atoms with van der Waals surface area (Å²) in [5, 5.41) is 3.68. The van der Waals surface area contributed by atoms with Crippen molar-refractivity contribution in [2.24, 2.45) is 0 Å². The van der Waals surface area contributed by atoms with E-state index in [2.05, 4.69) is 44.3 Å². The first-order valence-electron chi connectivity index (χ1n) is 7.63. The smallest absolute Gasteiger partial charge is 0.0594 e. The number of nitrogens with one attached hydrogen (secondary N) is 1. The Labute approximate surface area is 117 Å². The first kappa shape index (κ1) is 14.5. The molecule has 0 saturated carbocycles. The minimum atomic E-state index is 0.433. The molecule has 1 aliphatic heterocycles. The lowest BCUT2D eigenvalue weighted by Crippen LogP contribution is -2.26. The van der Waals surface area contributed by atoms with Gasteiger partial charge < -0.3 is 10.1 Å². The van der Waals surface area contributed by atoms with Gasteiger partial charge in [-0.3, -0.25) is 0 Å². The summed E-state index contributed by atoms with van der Waals surface area (Å²) in [5.74, 6) is 0. The topological polar surface area (TPSA) is 21.3 Å². The van der Waals surface area contributed by atoms with E-state index >= 15 is 0 Å². The number of benzene rings is 1. The molecule has 1 aliphatic rings. The van der Waals surface area contributed by atoms with E-state index in [1.54, 1.807) is 0 Å². The Morgan fingerprint density at radius 2 is 2.16 bits per heavy atom. The molecule has 1 saturated heterocycles. The summed E-state index contributed by atoms with van der Waals surface area (Å²) >= 11 is 0. The minimum Gasteiger partial charge on any atom is -0.378 e. The molecule has 0 amide bonds. The van der Waals surface area contributed by atoms with Crippen LogP contribution in [0.25, 0.3) is 0 Å². The van der Waals surface area contributed by atoms with Gasteiger partial charge >= 0.3 is 0 Å².